The topological polar surface area (TPSA) is 110 Å². The number of carboxylic acids is 1. The Balaban J connectivity index is 2.76. The van der Waals surface area contributed by atoms with Crippen LogP contribution in [-0.2, 0) is 25.4 Å². The molecule has 11 heteroatoms. The number of alkyl halides is 3. The van der Waals surface area contributed by atoms with Gasteiger partial charge < -0.3 is 9.94 Å². The molecule has 28 heavy (non-hydrogen) atoms. The number of rotatable bonds is 9. The lowest BCUT2D eigenvalue weighted by Crippen LogP contribution is -2.25. The summed E-state index contributed by atoms with van der Waals surface area (Å²) in [5.41, 5.74) is 0.129. The van der Waals surface area contributed by atoms with Crippen LogP contribution in [0, 0.1) is 5.92 Å². The molecule has 154 valence electrons. The number of aliphatic carboxylic acids is 1. The van der Waals surface area contributed by atoms with E-state index in [0.717, 1.165) is 36.9 Å². The minimum absolute atomic E-state index is 0.0925. The van der Waals surface area contributed by atoms with E-state index in [0.29, 0.717) is 0 Å². The fourth-order valence-electron chi connectivity index (χ4n) is 2.16. The summed E-state index contributed by atoms with van der Waals surface area (Å²) < 4.78 is 39.3. The normalized spacial score (nSPS) is 12.1. The standard InChI is InChI=1S/C17H18F3NO6S/c1-10(22)21-27-15(25)6-7-28-9-11(8-14(23)24)16(26)12-4-2-3-5-13(12)17(18,19)20/h2-5,11H,6-9H2,1H3,(H,21,22)(H,23,24)/t11-/m0/s1. The number of amides is 1. The van der Waals surface area contributed by atoms with E-state index in [1.165, 1.54) is 6.07 Å². The predicted octanol–water partition coefficient (Wildman–Crippen LogP) is 2.70. The first-order valence-electron chi connectivity index (χ1n) is 7.98. The van der Waals surface area contributed by atoms with Crippen LogP contribution in [0.2, 0.25) is 0 Å². The van der Waals surface area contributed by atoms with Gasteiger partial charge in [0.25, 0.3) is 0 Å². The summed E-state index contributed by atoms with van der Waals surface area (Å²) in [5, 5.41) is 8.98. The van der Waals surface area contributed by atoms with Crippen molar-refractivity contribution < 1.29 is 42.3 Å². The first kappa shape index (κ1) is 23.5. The van der Waals surface area contributed by atoms with E-state index < -0.39 is 53.3 Å². The molecule has 0 saturated heterocycles. The van der Waals surface area contributed by atoms with E-state index in [-0.39, 0.29) is 17.9 Å². The van der Waals surface area contributed by atoms with Gasteiger partial charge in [0.05, 0.1) is 18.4 Å². The van der Waals surface area contributed by atoms with Crippen molar-refractivity contribution in [1.29, 1.82) is 0 Å². The Morgan fingerprint density at radius 2 is 1.86 bits per heavy atom. The molecule has 0 unspecified atom stereocenters. The zero-order valence-corrected chi connectivity index (χ0v) is 15.6. The number of carbonyl (C=O) groups is 4. The summed E-state index contributed by atoms with van der Waals surface area (Å²) in [6.07, 6.45) is -5.53. The molecule has 0 aliphatic heterocycles. The number of thioether (sulfide) groups is 1. The van der Waals surface area contributed by atoms with Crippen molar-refractivity contribution in [2.75, 3.05) is 11.5 Å². The number of hydrogen-bond donors (Lipinski definition) is 2. The van der Waals surface area contributed by atoms with Crippen molar-refractivity contribution in [3.8, 4) is 0 Å². The van der Waals surface area contributed by atoms with Gasteiger partial charge in [-0.2, -0.15) is 30.4 Å². The molecule has 0 aliphatic rings. The second-order valence-electron chi connectivity index (χ2n) is 5.66. The first-order chi connectivity index (χ1) is 13.0. The predicted molar refractivity (Wildman–Crippen MR) is 93.4 cm³/mol. The Morgan fingerprint density at radius 3 is 2.43 bits per heavy atom. The van der Waals surface area contributed by atoms with Crippen LogP contribution in [0.4, 0.5) is 13.2 Å². The number of carbonyl (C=O) groups excluding carboxylic acids is 3. The Hall–Kier alpha value is -2.56. The van der Waals surface area contributed by atoms with E-state index in [1.54, 1.807) is 0 Å². The zero-order valence-electron chi connectivity index (χ0n) is 14.7. The van der Waals surface area contributed by atoms with Gasteiger partial charge in [0.2, 0.25) is 5.91 Å². The van der Waals surface area contributed by atoms with Gasteiger partial charge in [-0.05, 0) is 6.07 Å². The van der Waals surface area contributed by atoms with Gasteiger partial charge >= 0.3 is 18.1 Å². The second kappa shape index (κ2) is 10.7. The molecule has 1 amide bonds. The molecule has 0 fully saturated rings. The second-order valence-corrected chi connectivity index (χ2v) is 6.81. The van der Waals surface area contributed by atoms with Gasteiger partial charge in [0, 0.05) is 29.9 Å². The van der Waals surface area contributed by atoms with Crippen molar-refractivity contribution in [3.05, 3.63) is 35.4 Å². The van der Waals surface area contributed by atoms with Gasteiger partial charge in [-0.1, -0.05) is 18.2 Å². The molecule has 7 nitrogen and oxygen atoms in total. The fraction of sp³-hybridized carbons (Fsp3) is 0.412. The summed E-state index contributed by atoms with van der Waals surface area (Å²) in [5.74, 6) is -4.73. The minimum Gasteiger partial charge on any atom is -0.481 e. The van der Waals surface area contributed by atoms with Crippen molar-refractivity contribution >= 4 is 35.4 Å². The summed E-state index contributed by atoms with van der Waals surface area (Å²) >= 11 is 1.02. The minimum atomic E-state index is -4.75. The van der Waals surface area contributed by atoms with Gasteiger partial charge in [-0.15, -0.1) is 0 Å². The highest BCUT2D eigenvalue weighted by atomic mass is 32.2. The number of carboxylic acid groups (broad SMARTS) is 1. The first-order valence-corrected chi connectivity index (χ1v) is 9.14. The van der Waals surface area contributed by atoms with Gasteiger partial charge in [0.1, 0.15) is 0 Å². The van der Waals surface area contributed by atoms with Gasteiger partial charge in [-0.25, -0.2) is 4.79 Å². The highest BCUT2D eigenvalue weighted by molar-refractivity contribution is 7.99. The number of ketones is 1. The monoisotopic (exact) mass is 421 g/mol. The van der Waals surface area contributed by atoms with Crippen molar-refractivity contribution in [2.24, 2.45) is 5.92 Å². The van der Waals surface area contributed by atoms with E-state index >= 15 is 0 Å². The molecule has 0 aliphatic carbocycles. The van der Waals surface area contributed by atoms with E-state index in [1.807, 2.05) is 5.48 Å². The lowest BCUT2D eigenvalue weighted by molar-refractivity contribution is -0.157. The molecule has 2 N–H and O–H groups in total. The Kier molecular flexibility index (Phi) is 8.97. The lowest BCUT2D eigenvalue weighted by Gasteiger charge is -2.17. The van der Waals surface area contributed by atoms with Crippen LogP contribution >= 0.6 is 11.8 Å². The molecule has 1 aromatic carbocycles. The maximum Gasteiger partial charge on any atom is 0.417 e. The van der Waals surface area contributed by atoms with Crippen molar-refractivity contribution in [3.63, 3.8) is 0 Å². The summed E-state index contributed by atoms with van der Waals surface area (Å²) in [7, 11) is 0. The molecule has 1 rings (SSSR count). The number of benzene rings is 1. The van der Waals surface area contributed by atoms with Gasteiger partial charge in [0.15, 0.2) is 5.78 Å². The number of hydroxylamine groups is 1. The number of Topliss-reactive ketones (excluding diaryl/α,β-unsaturated/α-hetero) is 1. The molecule has 0 saturated carbocycles. The average Bonchev–Trinajstić information content (AvgIpc) is 2.60. The molecule has 1 atom stereocenters. The third-order valence-electron chi connectivity index (χ3n) is 3.37. The highest BCUT2D eigenvalue weighted by Gasteiger charge is 2.36. The summed E-state index contributed by atoms with van der Waals surface area (Å²) in [6, 6.07) is 4.18. The Morgan fingerprint density at radius 1 is 1.21 bits per heavy atom. The van der Waals surface area contributed by atoms with E-state index in [9.17, 15) is 32.3 Å². The summed E-state index contributed by atoms with van der Waals surface area (Å²) in [6.45, 7) is 1.14. The number of nitrogens with one attached hydrogen (secondary N) is 1. The largest absolute Gasteiger partial charge is 0.481 e. The van der Waals surface area contributed by atoms with Crippen LogP contribution in [0.5, 0.6) is 0 Å². The molecule has 1 aromatic rings. The zero-order chi connectivity index (χ0) is 21.3. The average molecular weight is 421 g/mol. The maximum absolute atomic E-state index is 13.1. The lowest BCUT2D eigenvalue weighted by atomic mass is 9.93. The van der Waals surface area contributed by atoms with Crippen LogP contribution in [0.1, 0.15) is 35.7 Å². The van der Waals surface area contributed by atoms with Crippen molar-refractivity contribution in [1.82, 2.24) is 5.48 Å². The molecule has 0 heterocycles. The molecule has 0 aromatic heterocycles. The van der Waals surface area contributed by atoms with Crippen LogP contribution < -0.4 is 5.48 Å². The van der Waals surface area contributed by atoms with Crippen LogP contribution in [-0.4, -0.2) is 40.2 Å². The number of halogens is 3. The quantitative estimate of drug-likeness (QED) is 0.358. The van der Waals surface area contributed by atoms with Crippen molar-refractivity contribution in [2.45, 2.75) is 25.9 Å². The Labute approximate surface area is 162 Å². The third-order valence-corrected chi connectivity index (χ3v) is 4.50. The molecule has 0 spiro atoms. The van der Waals surface area contributed by atoms with E-state index in [2.05, 4.69) is 4.84 Å². The Bertz CT molecular complexity index is 738. The highest BCUT2D eigenvalue weighted by Crippen LogP contribution is 2.33. The van der Waals surface area contributed by atoms with Crippen LogP contribution in [0.15, 0.2) is 24.3 Å². The third kappa shape index (κ3) is 7.99. The van der Waals surface area contributed by atoms with E-state index in [4.69, 9.17) is 5.11 Å². The molecular weight excluding hydrogens is 403 g/mol. The molecular formula is C17H18F3NO6S. The van der Waals surface area contributed by atoms with Crippen LogP contribution in [0.3, 0.4) is 0 Å². The maximum atomic E-state index is 13.1. The SMILES string of the molecule is CC(=O)NOC(=O)CCSC[C@H](CC(=O)O)C(=O)c1ccccc1C(F)(F)F. The molecule has 0 radical (unpaired) electrons. The van der Waals surface area contributed by atoms with Crippen LogP contribution in [0.25, 0.3) is 0 Å². The number of hydrogen-bond acceptors (Lipinski definition) is 6. The fourth-order valence-corrected chi connectivity index (χ4v) is 3.20. The molecule has 0 bridgehead atoms. The smallest absolute Gasteiger partial charge is 0.417 e. The van der Waals surface area contributed by atoms with Gasteiger partial charge in [-0.3, -0.25) is 14.4 Å². The summed E-state index contributed by atoms with van der Waals surface area (Å²) in [4.78, 5) is 49.9.